The molecule has 0 atom stereocenters. The predicted molar refractivity (Wildman–Crippen MR) is 83.8 cm³/mol. The van der Waals surface area contributed by atoms with Crippen LogP contribution in [0.15, 0.2) is 42.6 Å². The molecule has 2 N–H and O–H groups in total. The molecule has 0 fully saturated rings. The fraction of sp³-hybridized carbons (Fsp3) is 0.118. The van der Waals surface area contributed by atoms with E-state index in [2.05, 4.69) is 4.98 Å². The summed E-state index contributed by atoms with van der Waals surface area (Å²) >= 11 is 0. The van der Waals surface area contributed by atoms with Gasteiger partial charge in [-0.1, -0.05) is 18.2 Å². The number of nitrogens with one attached hydrogen (secondary N) is 1. The molecule has 0 aliphatic carbocycles. The van der Waals surface area contributed by atoms with Gasteiger partial charge in [0.25, 0.3) is 0 Å². The lowest BCUT2D eigenvalue weighted by molar-refractivity contribution is 0.0696. The van der Waals surface area contributed by atoms with E-state index in [1.165, 1.54) is 20.3 Å². The highest BCUT2D eigenvalue weighted by Gasteiger charge is 2.19. The van der Waals surface area contributed by atoms with Gasteiger partial charge in [-0.15, -0.1) is 0 Å². The Kier molecular flexibility index (Phi) is 3.47. The number of aromatic amines is 1. The number of aromatic nitrogens is 1. The number of H-pyrrole nitrogens is 1. The van der Waals surface area contributed by atoms with Crippen LogP contribution in [-0.2, 0) is 0 Å². The van der Waals surface area contributed by atoms with E-state index in [1.807, 2.05) is 30.5 Å². The number of aromatic carboxylic acids is 1. The molecule has 0 saturated heterocycles. The third-order valence-corrected chi connectivity index (χ3v) is 3.61. The summed E-state index contributed by atoms with van der Waals surface area (Å²) in [5, 5.41) is 10.3. The van der Waals surface area contributed by atoms with Crippen molar-refractivity contribution in [3.05, 3.63) is 48.2 Å². The number of carbonyl (C=O) groups is 1. The van der Waals surface area contributed by atoms with Crippen molar-refractivity contribution in [2.45, 2.75) is 0 Å². The maximum atomic E-state index is 11.3. The molecule has 112 valence electrons. The summed E-state index contributed by atoms with van der Waals surface area (Å²) in [6, 6.07) is 10.9. The van der Waals surface area contributed by atoms with E-state index in [0.717, 1.165) is 16.5 Å². The maximum absolute atomic E-state index is 11.3. The first-order valence-electron chi connectivity index (χ1n) is 6.71. The summed E-state index contributed by atoms with van der Waals surface area (Å²) in [5.41, 5.74) is 2.67. The molecule has 0 radical (unpaired) electrons. The number of hydrogen-bond donors (Lipinski definition) is 2. The monoisotopic (exact) mass is 297 g/mol. The lowest BCUT2D eigenvalue weighted by Gasteiger charge is -2.13. The van der Waals surface area contributed by atoms with Crippen LogP contribution < -0.4 is 9.47 Å². The molecule has 0 aliphatic heterocycles. The molecule has 0 spiro atoms. The fourth-order valence-electron chi connectivity index (χ4n) is 2.58. The molecule has 1 aromatic heterocycles. The van der Waals surface area contributed by atoms with Gasteiger partial charge in [0.2, 0.25) is 0 Å². The van der Waals surface area contributed by atoms with Crippen molar-refractivity contribution in [3.8, 4) is 22.6 Å². The summed E-state index contributed by atoms with van der Waals surface area (Å²) in [6.45, 7) is 0. The molecule has 0 aliphatic rings. The van der Waals surface area contributed by atoms with Crippen LogP contribution in [0.25, 0.3) is 22.0 Å². The number of fused-ring (bicyclic) bond motifs is 1. The standard InChI is InChI=1S/C17H15NO4/c1-21-15-8-10(17(19)20)7-12(16(15)22-2)13-9-18-14-6-4-3-5-11(13)14/h3-9,18H,1-2H3,(H,19,20). The van der Waals surface area contributed by atoms with E-state index in [-0.39, 0.29) is 5.56 Å². The Hall–Kier alpha value is -2.95. The van der Waals surface area contributed by atoms with Gasteiger partial charge in [-0.2, -0.15) is 0 Å². The summed E-state index contributed by atoms with van der Waals surface area (Å²) in [4.78, 5) is 14.5. The molecular formula is C17H15NO4. The number of rotatable bonds is 4. The fourth-order valence-corrected chi connectivity index (χ4v) is 2.58. The molecule has 5 heteroatoms. The number of carboxylic acid groups (broad SMARTS) is 1. The first-order valence-corrected chi connectivity index (χ1v) is 6.71. The van der Waals surface area contributed by atoms with Crippen molar-refractivity contribution >= 4 is 16.9 Å². The van der Waals surface area contributed by atoms with E-state index in [4.69, 9.17) is 9.47 Å². The van der Waals surface area contributed by atoms with Gasteiger partial charge in [0.1, 0.15) is 0 Å². The van der Waals surface area contributed by atoms with Gasteiger partial charge < -0.3 is 19.6 Å². The Morgan fingerprint density at radius 2 is 1.86 bits per heavy atom. The molecule has 2 aromatic carbocycles. The first kappa shape index (κ1) is 14.0. The minimum Gasteiger partial charge on any atom is -0.493 e. The van der Waals surface area contributed by atoms with Gasteiger partial charge in [0, 0.05) is 28.2 Å². The van der Waals surface area contributed by atoms with Crippen LogP contribution in [0, 0.1) is 0 Å². The second-order valence-corrected chi connectivity index (χ2v) is 4.81. The topological polar surface area (TPSA) is 71.5 Å². The minimum absolute atomic E-state index is 0.151. The lowest BCUT2D eigenvalue weighted by atomic mass is 10.0. The van der Waals surface area contributed by atoms with Gasteiger partial charge in [-0.3, -0.25) is 0 Å². The van der Waals surface area contributed by atoms with Gasteiger partial charge in [-0.25, -0.2) is 4.79 Å². The summed E-state index contributed by atoms with van der Waals surface area (Å²) in [7, 11) is 3.03. The van der Waals surface area contributed by atoms with E-state index in [9.17, 15) is 9.90 Å². The molecule has 0 amide bonds. The third-order valence-electron chi connectivity index (χ3n) is 3.61. The molecule has 3 aromatic rings. The van der Waals surface area contributed by atoms with E-state index >= 15 is 0 Å². The molecule has 22 heavy (non-hydrogen) atoms. The molecule has 1 heterocycles. The van der Waals surface area contributed by atoms with E-state index in [1.54, 1.807) is 6.07 Å². The molecule has 0 bridgehead atoms. The first-order chi connectivity index (χ1) is 10.7. The second kappa shape index (κ2) is 5.44. The second-order valence-electron chi connectivity index (χ2n) is 4.81. The normalized spacial score (nSPS) is 10.6. The summed E-state index contributed by atoms with van der Waals surface area (Å²) in [6.07, 6.45) is 1.84. The molecule has 0 unspecified atom stereocenters. The van der Waals surface area contributed by atoms with Crippen LogP contribution in [0.5, 0.6) is 11.5 Å². The number of methoxy groups -OCH3 is 2. The van der Waals surface area contributed by atoms with Gasteiger partial charge in [-0.05, 0) is 18.2 Å². The average molecular weight is 297 g/mol. The highest BCUT2D eigenvalue weighted by atomic mass is 16.5. The van der Waals surface area contributed by atoms with Gasteiger partial charge >= 0.3 is 5.97 Å². The zero-order valence-electron chi connectivity index (χ0n) is 12.2. The smallest absolute Gasteiger partial charge is 0.335 e. The third kappa shape index (κ3) is 2.16. The van der Waals surface area contributed by atoms with Crippen molar-refractivity contribution in [1.29, 1.82) is 0 Å². The van der Waals surface area contributed by atoms with Crippen LogP contribution in [0.3, 0.4) is 0 Å². The predicted octanol–water partition coefficient (Wildman–Crippen LogP) is 3.55. The molecule has 3 rings (SSSR count). The summed E-state index contributed by atoms with van der Waals surface area (Å²) in [5.74, 6) is -0.109. The molecule has 0 saturated carbocycles. The van der Waals surface area contributed by atoms with E-state index < -0.39 is 5.97 Å². The van der Waals surface area contributed by atoms with Crippen molar-refractivity contribution in [3.63, 3.8) is 0 Å². The van der Waals surface area contributed by atoms with Crippen molar-refractivity contribution < 1.29 is 19.4 Å². The average Bonchev–Trinajstić information content (AvgIpc) is 2.97. The molecule has 5 nitrogen and oxygen atoms in total. The van der Waals surface area contributed by atoms with Crippen molar-refractivity contribution in [2.75, 3.05) is 14.2 Å². The Morgan fingerprint density at radius 1 is 1.09 bits per heavy atom. The number of para-hydroxylation sites is 1. The van der Waals surface area contributed by atoms with Gasteiger partial charge in [0.15, 0.2) is 11.5 Å². The molecular weight excluding hydrogens is 282 g/mol. The maximum Gasteiger partial charge on any atom is 0.335 e. The lowest BCUT2D eigenvalue weighted by Crippen LogP contribution is -2.00. The zero-order valence-corrected chi connectivity index (χ0v) is 12.2. The van der Waals surface area contributed by atoms with Crippen molar-refractivity contribution in [2.24, 2.45) is 0 Å². The highest BCUT2D eigenvalue weighted by Crippen LogP contribution is 2.41. The van der Waals surface area contributed by atoms with E-state index in [0.29, 0.717) is 17.1 Å². The van der Waals surface area contributed by atoms with Crippen LogP contribution >= 0.6 is 0 Å². The van der Waals surface area contributed by atoms with Crippen molar-refractivity contribution in [1.82, 2.24) is 4.98 Å². The number of carboxylic acids is 1. The Balaban J connectivity index is 2.33. The van der Waals surface area contributed by atoms with Crippen LogP contribution in [0.2, 0.25) is 0 Å². The van der Waals surface area contributed by atoms with Crippen LogP contribution in [-0.4, -0.2) is 30.3 Å². The Bertz CT molecular complexity index is 851. The highest BCUT2D eigenvalue weighted by molar-refractivity contribution is 6.00. The largest absolute Gasteiger partial charge is 0.493 e. The number of benzene rings is 2. The quantitative estimate of drug-likeness (QED) is 0.772. The van der Waals surface area contributed by atoms with Gasteiger partial charge in [0.05, 0.1) is 19.8 Å². The van der Waals surface area contributed by atoms with Crippen LogP contribution in [0.1, 0.15) is 10.4 Å². The van der Waals surface area contributed by atoms with Crippen LogP contribution in [0.4, 0.5) is 0 Å². The number of hydrogen-bond acceptors (Lipinski definition) is 3. The Labute approximate surface area is 127 Å². The Morgan fingerprint density at radius 3 is 2.55 bits per heavy atom. The zero-order chi connectivity index (χ0) is 15.7. The minimum atomic E-state index is -1.01. The number of ether oxygens (including phenoxy) is 2. The summed E-state index contributed by atoms with van der Waals surface area (Å²) < 4.78 is 10.7. The SMILES string of the molecule is COc1cc(C(=O)O)cc(-c2c[nH]c3ccccc23)c1OC.